The molecule has 2 atom stereocenters. The Labute approximate surface area is 165 Å². The van der Waals surface area contributed by atoms with Crippen molar-refractivity contribution in [1.82, 2.24) is 15.2 Å². The minimum Gasteiger partial charge on any atom is -0.496 e. The molecule has 2 aromatic rings. The molecule has 1 N–H and O–H groups in total. The van der Waals surface area contributed by atoms with Crippen LogP contribution in [0.2, 0.25) is 0 Å². The Morgan fingerprint density at radius 2 is 2.07 bits per heavy atom. The molecular formula is C21H27N3O2S. The van der Waals surface area contributed by atoms with Crippen molar-refractivity contribution in [3.8, 4) is 5.75 Å². The fraction of sp³-hybridized carbons (Fsp3) is 0.429. The number of methoxy groups -OCH3 is 1. The van der Waals surface area contributed by atoms with E-state index in [2.05, 4.69) is 16.6 Å². The summed E-state index contributed by atoms with van der Waals surface area (Å²) in [5, 5.41) is 3.70. The second-order valence-corrected chi connectivity index (χ2v) is 7.82. The van der Waals surface area contributed by atoms with Crippen LogP contribution in [0.25, 0.3) is 0 Å². The number of nitrogens with one attached hydrogen (secondary N) is 1. The number of pyridine rings is 1. The summed E-state index contributed by atoms with van der Waals surface area (Å²) < 4.78 is 5.53. The number of para-hydroxylation sites is 1. The van der Waals surface area contributed by atoms with Crippen LogP contribution in [-0.4, -0.2) is 47.6 Å². The zero-order chi connectivity index (χ0) is 19.1. The number of benzene rings is 1. The highest BCUT2D eigenvalue weighted by Gasteiger charge is 2.26. The molecule has 1 aliphatic rings. The molecule has 144 valence electrons. The molecule has 1 saturated heterocycles. The van der Waals surface area contributed by atoms with Gasteiger partial charge in [0.25, 0.3) is 0 Å². The number of carbonyl (C=O) groups excluding carboxylic acids is 1. The molecule has 2 amide bonds. The molecule has 1 fully saturated rings. The Morgan fingerprint density at radius 3 is 2.81 bits per heavy atom. The summed E-state index contributed by atoms with van der Waals surface area (Å²) in [6.07, 6.45) is 7.26. The maximum absolute atomic E-state index is 13.1. The number of hydrogen-bond acceptors (Lipinski definition) is 4. The van der Waals surface area contributed by atoms with Crippen LogP contribution in [-0.2, 0) is 0 Å². The van der Waals surface area contributed by atoms with E-state index in [0.29, 0.717) is 5.25 Å². The van der Waals surface area contributed by atoms with Gasteiger partial charge in [0.1, 0.15) is 11.8 Å². The molecule has 0 radical (unpaired) electrons. The summed E-state index contributed by atoms with van der Waals surface area (Å²) in [6.45, 7) is 1.58. The number of amides is 2. The van der Waals surface area contributed by atoms with Crippen LogP contribution < -0.4 is 10.1 Å². The third-order valence-corrected chi connectivity index (χ3v) is 6.00. The van der Waals surface area contributed by atoms with Gasteiger partial charge in [0.15, 0.2) is 0 Å². The Kier molecular flexibility index (Phi) is 6.98. The first-order valence-electron chi connectivity index (χ1n) is 9.35. The summed E-state index contributed by atoms with van der Waals surface area (Å²) >= 11 is 1.84. The molecule has 0 saturated carbocycles. The van der Waals surface area contributed by atoms with E-state index in [0.717, 1.165) is 36.5 Å². The van der Waals surface area contributed by atoms with Crippen LogP contribution in [0.4, 0.5) is 4.79 Å². The average molecular weight is 386 g/mol. The predicted octanol–water partition coefficient (Wildman–Crippen LogP) is 4.11. The zero-order valence-corrected chi connectivity index (χ0v) is 16.7. The molecular weight excluding hydrogens is 358 g/mol. The molecule has 0 aliphatic carbocycles. The van der Waals surface area contributed by atoms with E-state index in [-0.39, 0.29) is 12.1 Å². The van der Waals surface area contributed by atoms with Gasteiger partial charge in [-0.3, -0.25) is 4.98 Å². The molecule has 2 heterocycles. The van der Waals surface area contributed by atoms with Gasteiger partial charge < -0.3 is 15.0 Å². The van der Waals surface area contributed by atoms with Crippen molar-refractivity contribution in [2.75, 3.05) is 26.5 Å². The zero-order valence-electron chi connectivity index (χ0n) is 15.9. The first-order chi connectivity index (χ1) is 13.2. The van der Waals surface area contributed by atoms with Crippen molar-refractivity contribution >= 4 is 17.8 Å². The second-order valence-electron chi connectivity index (χ2n) is 6.68. The molecule has 2 unspecified atom stereocenters. The topological polar surface area (TPSA) is 54.5 Å². The number of thioether (sulfide) groups is 1. The second kappa shape index (κ2) is 9.65. The lowest BCUT2D eigenvalue weighted by Crippen LogP contribution is -2.44. The molecule has 1 aliphatic heterocycles. The third-order valence-electron chi connectivity index (χ3n) is 4.95. The van der Waals surface area contributed by atoms with Crippen LogP contribution in [0, 0.1) is 0 Å². The minimum absolute atomic E-state index is 0.0440. The summed E-state index contributed by atoms with van der Waals surface area (Å²) in [5.74, 6) is 0.742. The summed E-state index contributed by atoms with van der Waals surface area (Å²) in [4.78, 5) is 19.5. The Balaban J connectivity index is 1.86. The molecule has 0 bridgehead atoms. The first-order valence-corrected chi connectivity index (χ1v) is 10.6. The number of hydrogen-bond donors (Lipinski definition) is 1. The number of likely N-dealkylation sites (tertiary alicyclic amines) is 1. The van der Waals surface area contributed by atoms with E-state index in [1.807, 2.05) is 59.1 Å². The molecule has 27 heavy (non-hydrogen) atoms. The van der Waals surface area contributed by atoms with Crippen molar-refractivity contribution in [2.24, 2.45) is 0 Å². The number of ether oxygens (including phenoxy) is 1. The minimum atomic E-state index is -0.356. The third kappa shape index (κ3) is 4.95. The van der Waals surface area contributed by atoms with Crippen molar-refractivity contribution in [3.63, 3.8) is 0 Å². The number of rotatable bonds is 5. The summed E-state index contributed by atoms with van der Waals surface area (Å²) in [6, 6.07) is 13.1. The molecule has 0 spiro atoms. The largest absolute Gasteiger partial charge is 0.496 e. The number of carbonyl (C=O) groups is 1. The summed E-state index contributed by atoms with van der Waals surface area (Å²) in [5.41, 5.74) is 1.70. The number of urea groups is 1. The highest BCUT2D eigenvalue weighted by molar-refractivity contribution is 7.99. The van der Waals surface area contributed by atoms with Gasteiger partial charge >= 0.3 is 6.03 Å². The monoisotopic (exact) mass is 385 g/mol. The average Bonchev–Trinajstić information content (AvgIpc) is 2.98. The lowest BCUT2D eigenvalue weighted by atomic mass is 10.0. The smallest absolute Gasteiger partial charge is 0.318 e. The summed E-state index contributed by atoms with van der Waals surface area (Å²) in [7, 11) is 1.65. The van der Waals surface area contributed by atoms with E-state index in [9.17, 15) is 4.79 Å². The fourth-order valence-corrected chi connectivity index (χ4v) is 4.19. The SMILES string of the molecule is COc1ccccc1C(NC(=O)N1CCCCC(SC)C1)c1ccccn1. The van der Waals surface area contributed by atoms with Crippen molar-refractivity contribution in [2.45, 2.75) is 30.6 Å². The van der Waals surface area contributed by atoms with Crippen molar-refractivity contribution in [1.29, 1.82) is 0 Å². The molecule has 5 nitrogen and oxygen atoms in total. The van der Waals surface area contributed by atoms with Crippen LogP contribution >= 0.6 is 11.8 Å². The van der Waals surface area contributed by atoms with Gasteiger partial charge in [-0.05, 0) is 37.3 Å². The normalized spacial score (nSPS) is 18.4. The van der Waals surface area contributed by atoms with Gasteiger partial charge in [-0.1, -0.05) is 30.7 Å². The van der Waals surface area contributed by atoms with Crippen LogP contribution in [0.15, 0.2) is 48.7 Å². The lowest BCUT2D eigenvalue weighted by molar-refractivity contribution is 0.197. The number of aromatic nitrogens is 1. The maximum Gasteiger partial charge on any atom is 0.318 e. The van der Waals surface area contributed by atoms with E-state index < -0.39 is 0 Å². The van der Waals surface area contributed by atoms with Gasteiger partial charge in [0.2, 0.25) is 0 Å². The highest BCUT2D eigenvalue weighted by atomic mass is 32.2. The Bertz CT molecular complexity index is 741. The van der Waals surface area contributed by atoms with Gasteiger partial charge in [-0.15, -0.1) is 0 Å². The van der Waals surface area contributed by atoms with Crippen LogP contribution in [0.3, 0.4) is 0 Å². The quantitative estimate of drug-likeness (QED) is 0.842. The van der Waals surface area contributed by atoms with Crippen molar-refractivity contribution < 1.29 is 9.53 Å². The highest BCUT2D eigenvalue weighted by Crippen LogP contribution is 2.29. The standard InChI is InChI=1S/C21H27N3O2S/c1-26-19-12-4-3-10-17(19)20(18-11-5-7-13-22-18)23-21(25)24-14-8-6-9-16(15-24)27-2/h3-5,7,10-13,16,20H,6,8-9,14-15H2,1-2H3,(H,23,25). The Hall–Kier alpha value is -2.21. The van der Waals surface area contributed by atoms with E-state index in [1.54, 1.807) is 13.3 Å². The molecule has 1 aromatic carbocycles. The van der Waals surface area contributed by atoms with Gasteiger partial charge in [-0.2, -0.15) is 11.8 Å². The Morgan fingerprint density at radius 1 is 1.26 bits per heavy atom. The fourth-order valence-electron chi connectivity index (χ4n) is 3.46. The number of nitrogens with zero attached hydrogens (tertiary/aromatic N) is 2. The van der Waals surface area contributed by atoms with Gasteiger partial charge in [0, 0.05) is 30.1 Å². The van der Waals surface area contributed by atoms with E-state index in [1.165, 1.54) is 12.8 Å². The van der Waals surface area contributed by atoms with E-state index in [4.69, 9.17) is 4.74 Å². The van der Waals surface area contributed by atoms with Gasteiger partial charge in [0.05, 0.1) is 12.8 Å². The maximum atomic E-state index is 13.1. The molecule has 1 aromatic heterocycles. The molecule has 3 rings (SSSR count). The van der Waals surface area contributed by atoms with Crippen LogP contribution in [0.5, 0.6) is 5.75 Å². The molecule has 6 heteroatoms. The first kappa shape index (κ1) is 19.5. The predicted molar refractivity (Wildman–Crippen MR) is 110 cm³/mol. The van der Waals surface area contributed by atoms with Crippen LogP contribution in [0.1, 0.15) is 36.6 Å². The van der Waals surface area contributed by atoms with E-state index >= 15 is 0 Å². The van der Waals surface area contributed by atoms with Gasteiger partial charge in [-0.25, -0.2) is 4.79 Å². The van der Waals surface area contributed by atoms with Crippen molar-refractivity contribution in [3.05, 3.63) is 59.9 Å². The lowest BCUT2D eigenvalue weighted by Gasteiger charge is -2.28.